The lowest BCUT2D eigenvalue weighted by Crippen LogP contribution is -2.39. The van der Waals surface area contributed by atoms with Crippen molar-refractivity contribution >= 4 is 17.4 Å². The number of aromatic nitrogens is 2. The molecular weight excluding hydrogens is 411 g/mol. The highest BCUT2D eigenvalue weighted by Crippen LogP contribution is 2.42. The number of rotatable bonds is 1. The Balaban J connectivity index is 1.60. The van der Waals surface area contributed by atoms with Crippen molar-refractivity contribution < 1.29 is 23.1 Å². The second-order valence-corrected chi connectivity index (χ2v) is 7.69. The third-order valence-electron chi connectivity index (χ3n) is 5.59. The van der Waals surface area contributed by atoms with Crippen molar-refractivity contribution in [1.82, 2.24) is 14.7 Å². The Kier molecular flexibility index (Phi) is 4.91. The fraction of sp³-hybridized carbons (Fsp3) is 0.381. The first-order chi connectivity index (χ1) is 14.7. The molecule has 160 valence electrons. The molecule has 31 heavy (non-hydrogen) atoms. The van der Waals surface area contributed by atoms with Gasteiger partial charge in [0.2, 0.25) is 5.69 Å². The fourth-order valence-corrected chi connectivity index (χ4v) is 3.93. The number of carbonyl (C=O) groups excluding carboxylic acids is 1. The minimum Gasteiger partial charge on any atom is -0.376 e. The van der Waals surface area contributed by atoms with Crippen molar-refractivity contribution in [1.29, 1.82) is 0 Å². The topological polar surface area (TPSA) is 74.8 Å². The summed E-state index contributed by atoms with van der Waals surface area (Å²) in [5, 5.41) is 17.2. The lowest BCUT2D eigenvalue weighted by Gasteiger charge is -2.28. The van der Waals surface area contributed by atoms with Crippen molar-refractivity contribution in [2.24, 2.45) is 0 Å². The number of halogens is 3. The van der Waals surface area contributed by atoms with Gasteiger partial charge in [0.25, 0.3) is 5.92 Å². The van der Waals surface area contributed by atoms with Gasteiger partial charge in [0.1, 0.15) is 17.1 Å². The number of carbonyl (C=O) groups is 1. The second-order valence-electron chi connectivity index (χ2n) is 7.69. The van der Waals surface area contributed by atoms with Crippen LogP contribution < -0.4 is 5.32 Å². The molecule has 0 aliphatic carbocycles. The molecule has 0 saturated carbocycles. The van der Waals surface area contributed by atoms with E-state index in [4.69, 9.17) is 13.0 Å². The Hall–Kier alpha value is -3.50. The second kappa shape index (κ2) is 7.33. The number of aliphatic hydroxyl groups is 1. The molecule has 2 aromatic rings. The van der Waals surface area contributed by atoms with E-state index in [1.165, 1.54) is 17.0 Å². The Morgan fingerprint density at radius 3 is 2.87 bits per heavy atom. The van der Waals surface area contributed by atoms with E-state index in [1.807, 2.05) is 0 Å². The highest BCUT2D eigenvalue weighted by atomic mass is 19.3. The van der Waals surface area contributed by atoms with Crippen molar-refractivity contribution in [2.75, 3.05) is 11.9 Å². The van der Waals surface area contributed by atoms with Gasteiger partial charge in [-0.1, -0.05) is 5.92 Å². The maximum Gasteiger partial charge on any atom is 0.322 e. The molecule has 2 N–H and O–H groups in total. The van der Waals surface area contributed by atoms with Gasteiger partial charge in [-0.15, -0.1) is 6.42 Å². The molecule has 3 heterocycles. The normalized spacial score (nSPS) is 21.8. The molecule has 0 spiro atoms. The molecule has 0 radical (unpaired) electrons. The van der Waals surface area contributed by atoms with Crippen LogP contribution in [0.15, 0.2) is 18.2 Å². The zero-order valence-corrected chi connectivity index (χ0v) is 16.3. The maximum atomic E-state index is 14.9. The van der Waals surface area contributed by atoms with Gasteiger partial charge >= 0.3 is 6.03 Å². The van der Waals surface area contributed by atoms with Crippen LogP contribution in [-0.4, -0.2) is 38.0 Å². The van der Waals surface area contributed by atoms with Crippen molar-refractivity contribution in [2.45, 2.75) is 43.9 Å². The summed E-state index contributed by atoms with van der Waals surface area (Å²) in [6.07, 6.45) is 4.70. The van der Waals surface area contributed by atoms with Crippen LogP contribution >= 0.6 is 0 Å². The summed E-state index contributed by atoms with van der Waals surface area (Å²) in [5.41, 5.74) is -1.37. The Bertz CT molecular complexity index is 1150. The smallest absolute Gasteiger partial charge is 0.322 e. The number of alkyl halides is 2. The maximum absolute atomic E-state index is 14.9. The predicted molar refractivity (Wildman–Crippen MR) is 105 cm³/mol. The van der Waals surface area contributed by atoms with Crippen LogP contribution in [-0.2, 0) is 25.4 Å². The number of amides is 2. The SMILES string of the molecule is [C-]#[N+]c1cc(NC(=O)N2CCc3nn4c(c3C2)C(F)(F)CC[C@](O)(C#C)C4)ccc1F. The summed E-state index contributed by atoms with van der Waals surface area (Å²) in [7, 11) is 0. The summed E-state index contributed by atoms with van der Waals surface area (Å²) < 4.78 is 44.4. The largest absolute Gasteiger partial charge is 0.376 e. The Morgan fingerprint density at radius 2 is 2.16 bits per heavy atom. The van der Waals surface area contributed by atoms with Crippen LogP contribution in [0.3, 0.4) is 0 Å². The number of urea groups is 1. The van der Waals surface area contributed by atoms with Crippen LogP contribution in [0.1, 0.15) is 29.8 Å². The van der Waals surface area contributed by atoms with E-state index in [-0.39, 0.29) is 55.1 Å². The van der Waals surface area contributed by atoms with Crippen molar-refractivity contribution in [3.63, 3.8) is 0 Å². The number of hydrogen-bond acceptors (Lipinski definition) is 3. The molecule has 1 atom stereocenters. The minimum atomic E-state index is -3.26. The zero-order valence-electron chi connectivity index (χ0n) is 16.3. The Morgan fingerprint density at radius 1 is 1.39 bits per heavy atom. The molecule has 10 heteroatoms. The third kappa shape index (κ3) is 3.71. The van der Waals surface area contributed by atoms with E-state index in [1.54, 1.807) is 0 Å². The first kappa shape index (κ1) is 20.8. The lowest BCUT2D eigenvalue weighted by atomic mass is 9.96. The van der Waals surface area contributed by atoms with Crippen LogP contribution in [0.5, 0.6) is 0 Å². The third-order valence-corrected chi connectivity index (χ3v) is 5.59. The molecule has 1 aromatic carbocycles. The molecule has 2 amide bonds. The molecule has 4 rings (SSSR count). The number of nitrogens with zero attached hydrogens (tertiary/aromatic N) is 4. The van der Waals surface area contributed by atoms with Crippen LogP contribution in [0, 0.1) is 24.7 Å². The number of nitrogens with one attached hydrogen (secondary N) is 1. The Labute approximate surface area is 176 Å². The molecular formula is C21H18F3N5O2. The minimum absolute atomic E-state index is 0.0998. The van der Waals surface area contributed by atoms with Gasteiger partial charge in [-0.2, -0.15) is 13.9 Å². The molecule has 0 bridgehead atoms. The number of hydrogen-bond donors (Lipinski definition) is 2. The number of benzene rings is 1. The average molecular weight is 429 g/mol. The molecule has 1 aromatic heterocycles. The molecule has 2 aliphatic heterocycles. The van der Waals surface area contributed by atoms with E-state index in [0.717, 1.165) is 10.7 Å². The zero-order chi connectivity index (χ0) is 22.4. The quantitative estimate of drug-likeness (QED) is 0.539. The number of terminal acetylenes is 1. The number of anilines is 1. The molecule has 0 saturated heterocycles. The average Bonchev–Trinajstić information content (AvgIpc) is 3.06. The monoisotopic (exact) mass is 429 g/mol. The van der Waals surface area contributed by atoms with E-state index in [9.17, 15) is 23.1 Å². The summed E-state index contributed by atoms with van der Waals surface area (Å²) >= 11 is 0. The van der Waals surface area contributed by atoms with Gasteiger partial charge in [-0.3, -0.25) is 4.68 Å². The van der Waals surface area contributed by atoms with Crippen LogP contribution in [0.4, 0.5) is 29.3 Å². The molecule has 0 fully saturated rings. The first-order valence-corrected chi connectivity index (χ1v) is 9.56. The van der Waals surface area contributed by atoms with Crippen LogP contribution in [0.2, 0.25) is 0 Å². The van der Waals surface area contributed by atoms with Gasteiger partial charge in [-0.25, -0.2) is 14.0 Å². The first-order valence-electron chi connectivity index (χ1n) is 9.56. The van der Waals surface area contributed by atoms with Crippen molar-refractivity contribution in [3.8, 4) is 12.3 Å². The standard InChI is InChI=1S/C21H18F3N5O2/c1-3-20(31)7-8-21(23,24)18-14-11-28(9-6-16(14)27-29(18)12-20)19(30)26-13-4-5-15(22)17(10-13)25-2/h1,4-5,10,31H,6-9,11-12H2,(H,26,30)/t20-/m1/s1. The fourth-order valence-electron chi connectivity index (χ4n) is 3.93. The van der Waals surface area contributed by atoms with E-state index in [2.05, 4.69) is 21.2 Å². The van der Waals surface area contributed by atoms with Crippen molar-refractivity contribution in [3.05, 3.63) is 52.4 Å². The van der Waals surface area contributed by atoms with Crippen LogP contribution in [0.25, 0.3) is 4.85 Å². The van der Waals surface area contributed by atoms with E-state index < -0.39 is 29.8 Å². The summed E-state index contributed by atoms with van der Waals surface area (Å²) in [6.45, 7) is 6.85. The summed E-state index contributed by atoms with van der Waals surface area (Å²) in [4.78, 5) is 17.1. The van der Waals surface area contributed by atoms with Gasteiger partial charge in [0, 0.05) is 30.6 Å². The predicted octanol–water partition coefficient (Wildman–Crippen LogP) is 3.41. The molecule has 0 unspecified atom stereocenters. The summed E-state index contributed by atoms with van der Waals surface area (Å²) in [5.74, 6) is -1.78. The van der Waals surface area contributed by atoms with Gasteiger partial charge in [-0.05, 0) is 24.6 Å². The van der Waals surface area contributed by atoms with Gasteiger partial charge < -0.3 is 15.3 Å². The lowest BCUT2D eigenvalue weighted by molar-refractivity contribution is -0.0300. The molecule has 7 nitrogen and oxygen atoms in total. The van der Waals surface area contributed by atoms with E-state index in [0.29, 0.717) is 5.69 Å². The summed E-state index contributed by atoms with van der Waals surface area (Å²) in [6, 6.07) is 3.03. The van der Waals surface area contributed by atoms with Gasteiger partial charge in [0.15, 0.2) is 0 Å². The highest BCUT2D eigenvalue weighted by molar-refractivity contribution is 5.90. The number of fused-ring (bicyclic) bond motifs is 3. The highest BCUT2D eigenvalue weighted by Gasteiger charge is 2.46. The molecule has 2 aliphatic rings. The van der Waals surface area contributed by atoms with Gasteiger partial charge in [0.05, 0.1) is 25.4 Å². The van der Waals surface area contributed by atoms with E-state index >= 15 is 0 Å².